The Labute approximate surface area is 96.8 Å². The van der Waals surface area contributed by atoms with Crippen molar-refractivity contribution in [3.63, 3.8) is 0 Å². The molecular formula is C9H15BrN4O. The predicted octanol–water partition coefficient (Wildman–Crippen LogP) is 0.692. The Kier molecular flexibility index (Phi) is 4.28. The minimum atomic E-state index is -0.152. The first-order valence-electron chi connectivity index (χ1n) is 4.73. The van der Waals surface area contributed by atoms with Gasteiger partial charge in [0.25, 0.3) is 5.56 Å². The van der Waals surface area contributed by atoms with Gasteiger partial charge in [0, 0.05) is 19.6 Å². The Hall–Kier alpha value is -0.880. The van der Waals surface area contributed by atoms with Gasteiger partial charge >= 0.3 is 0 Å². The monoisotopic (exact) mass is 274 g/mol. The molecule has 0 saturated carbocycles. The van der Waals surface area contributed by atoms with E-state index in [4.69, 9.17) is 5.73 Å². The normalized spacial score (nSPS) is 12.5. The average molecular weight is 275 g/mol. The molecule has 1 atom stereocenters. The fourth-order valence-corrected chi connectivity index (χ4v) is 1.57. The number of halogens is 1. The molecule has 84 valence electrons. The van der Waals surface area contributed by atoms with Crippen molar-refractivity contribution in [1.29, 1.82) is 0 Å². The molecule has 1 unspecified atom stereocenters. The van der Waals surface area contributed by atoms with Gasteiger partial charge in [-0.05, 0) is 29.3 Å². The summed E-state index contributed by atoms with van der Waals surface area (Å²) in [7, 11) is 1.61. The quantitative estimate of drug-likeness (QED) is 0.848. The fourth-order valence-electron chi connectivity index (χ4n) is 1.07. The lowest BCUT2D eigenvalue weighted by Crippen LogP contribution is -2.23. The highest BCUT2D eigenvalue weighted by molar-refractivity contribution is 9.10. The van der Waals surface area contributed by atoms with Crippen molar-refractivity contribution >= 4 is 21.6 Å². The van der Waals surface area contributed by atoms with Crippen LogP contribution >= 0.6 is 15.9 Å². The Morgan fingerprint density at radius 1 is 1.73 bits per heavy atom. The molecule has 1 aromatic rings. The lowest BCUT2D eigenvalue weighted by atomic mass is 10.2. The number of nitrogens with zero attached hydrogens (tertiary/aromatic N) is 2. The van der Waals surface area contributed by atoms with Crippen LogP contribution in [0.3, 0.4) is 0 Å². The maximum absolute atomic E-state index is 11.5. The molecule has 0 radical (unpaired) electrons. The molecule has 0 aliphatic heterocycles. The minimum Gasteiger partial charge on any atom is -0.383 e. The molecule has 0 saturated heterocycles. The number of rotatable bonds is 4. The number of aryl methyl sites for hydroxylation is 1. The maximum atomic E-state index is 11.5. The van der Waals surface area contributed by atoms with E-state index in [2.05, 4.69) is 26.3 Å². The summed E-state index contributed by atoms with van der Waals surface area (Å²) in [5.74, 6) is 0. The number of nitrogens with two attached hydrogens (primary N) is 1. The molecule has 15 heavy (non-hydrogen) atoms. The molecule has 0 bridgehead atoms. The highest BCUT2D eigenvalue weighted by Crippen LogP contribution is 2.15. The van der Waals surface area contributed by atoms with Crippen LogP contribution in [-0.4, -0.2) is 22.4 Å². The summed E-state index contributed by atoms with van der Waals surface area (Å²) in [4.78, 5) is 11.5. The van der Waals surface area contributed by atoms with E-state index in [-0.39, 0.29) is 11.6 Å². The number of aromatic nitrogens is 2. The van der Waals surface area contributed by atoms with E-state index in [1.807, 2.05) is 6.92 Å². The van der Waals surface area contributed by atoms with E-state index in [1.54, 1.807) is 13.2 Å². The number of nitrogens with one attached hydrogen (secondary N) is 1. The van der Waals surface area contributed by atoms with E-state index in [9.17, 15) is 4.79 Å². The second kappa shape index (κ2) is 5.27. The summed E-state index contributed by atoms with van der Waals surface area (Å²) >= 11 is 3.23. The first kappa shape index (κ1) is 12.2. The van der Waals surface area contributed by atoms with Crippen LogP contribution in [0.4, 0.5) is 5.69 Å². The van der Waals surface area contributed by atoms with Gasteiger partial charge < -0.3 is 11.1 Å². The second-order valence-electron chi connectivity index (χ2n) is 3.49. The van der Waals surface area contributed by atoms with Gasteiger partial charge in [-0.15, -0.1) is 0 Å². The molecule has 0 amide bonds. The topological polar surface area (TPSA) is 72.9 Å². The van der Waals surface area contributed by atoms with Crippen LogP contribution in [0, 0.1) is 0 Å². The number of hydrogen-bond acceptors (Lipinski definition) is 4. The summed E-state index contributed by atoms with van der Waals surface area (Å²) in [5.41, 5.74) is 6.17. The van der Waals surface area contributed by atoms with Gasteiger partial charge in [0.2, 0.25) is 0 Å². The summed E-state index contributed by atoms with van der Waals surface area (Å²) in [6.07, 6.45) is 2.47. The lowest BCUT2D eigenvalue weighted by Gasteiger charge is -2.09. The molecular weight excluding hydrogens is 260 g/mol. The van der Waals surface area contributed by atoms with Gasteiger partial charge in [0.15, 0.2) is 0 Å². The number of hydrogen-bond donors (Lipinski definition) is 2. The third kappa shape index (κ3) is 3.32. The van der Waals surface area contributed by atoms with Crippen LogP contribution in [0.1, 0.15) is 13.3 Å². The van der Waals surface area contributed by atoms with Crippen LogP contribution in [0.25, 0.3) is 0 Å². The van der Waals surface area contributed by atoms with Gasteiger partial charge in [0.05, 0.1) is 11.9 Å². The summed E-state index contributed by atoms with van der Waals surface area (Å²) in [6, 6.07) is 0.149. The third-order valence-corrected chi connectivity index (χ3v) is 2.76. The molecule has 1 heterocycles. The summed E-state index contributed by atoms with van der Waals surface area (Å²) in [6.45, 7) is 2.67. The molecule has 6 heteroatoms. The molecule has 0 aliphatic rings. The maximum Gasteiger partial charge on any atom is 0.282 e. The van der Waals surface area contributed by atoms with Crippen LogP contribution in [0.2, 0.25) is 0 Å². The Bertz CT molecular complexity index is 388. The van der Waals surface area contributed by atoms with Crippen molar-refractivity contribution in [2.75, 3.05) is 11.9 Å². The minimum absolute atomic E-state index is 0.149. The largest absolute Gasteiger partial charge is 0.383 e. The van der Waals surface area contributed by atoms with Crippen LogP contribution in [0.5, 0.6) is 0 Å². The molecule has 0 spiro atoms. The summed E-state index contributed by atoms with van der Waals surface area (Å²) < 4.78 is 1.78. The van der Waals surface area contributed by atoms with Gasteiger partial charge in [-0.25, -0.2) is 4.68 Å². The lowest BCUT2D eigenvalue weighted by molar-refractivity contribution is 0.683. The predicted molar refractivity (Wildman–Crippen MR) is 63.9 cm³/mol. The zero-order chi connectivity index (χ0) is 11.4. The second-order valence-corrected chi connectivity index (χ2v) is 4.29. The standard InChI is InChI=1S/C9H15BrN4O/c1-6(11)3-4-12-7-5-13-14(2)9(15)8(7)10/h5-6,12H,3-4,11H2,1-2H3. The zero-order valence-electron chi connectivity index (χ0n) is 8.83. The molecule has 5 nitrogen and oxygen atoms in total. The third-order valence-electron chi connectivity index (χ3n) is 1.99. The molecule has 0 aliphatic carbocycles. The van der Waals surface area contributed by atoms with Gasteiger partial charge in [-0.1, -0.05) is 0 Å². The van der Waals surface area contributed by atoms with E-state index in [0.29, 0.717) is 10.2 Å². The highest BCUT2D eigenvalue weighted by atomic mass is 79.9. The van der Waals surface area contributed by atoms with E-state index < -0.39 is 0 Å². The molecule has 1 aromatic heterocycles. The number of anilines is 1. The highest BCUT2D eigenvalue weighted by Gasteiger charge is 2.05. The molecule has 0 aromatic carbocycles. The molecule has 3 N–H and O–H groups in total. The Morgan fingerprint density at radius 2 is 2.40 bits per heavy atom. The van der Waals surface area contributed by atoms with Crippen molar-refractivity contribution in [1.82, 2.24) is 9.78 Å². The summed E-state index contributed by atoms with van der Waals surface area (Å²) in [5, 5.41) is 7.03. The van der Waals surface area contributed by atoms with Crippen molar-refractivity contribution in [3.8, 4) is 0 Å². The Morgan fingerprint density at radius 3 is 3.00 bits per heavy atom. The van der Waals surface area contributed by atoms with Gasteiger partial charge in [-0.2, -0.15) is 5.10 Å². The van der Waals surface area contributed by atoms with Gasteiger partial charge in [0.1, 0.15) is 4.47 Å². The van der Waals surface area contributed by atoms with E-state index >= 15 is 0 Å². The SMILES string of the molecule is CC(N)CCNc1cnn(C)c(=O)c1Br. The van der Waals surface area contributed by atoms with Crippen LogP contribution in [0.15, 0.2) is 15.5 Å². The zero-order valence-corrected chi connectivity index (χ0v) is 10.4. The van der Waals surface area contributed by atoms with Crippen molar-refractivity contribution in [2.45, 2.75) is 19.4 Å². The molecule has 1 rings (SSSR count). The average Bonchev–Trinajstić information content (AvgIpc) is 2.18. The van der Waals surface area contributed by atoms with Crippen molar-refractivity contribution < 1.29 is 0 Å². The fraction of sp³-hybridized carbons (Fsp3) is 0.556. The van der Waals surface area contributed by atoms with E-state index in [1.165, 1.54) is 4.68 Å². The first-order chi connectivity index (χ1) is 7.02. The van der Waals surface area contributed by atoms with Crippen LogP contribution in [-0.2, 0) is 7.05 Å². The Balaban J connectivity index is 2.71. The smallest absolute Gasteiger partial charge is 0.282 e. The van der Waals surface area contributed by atoms with Crippen molar-refractivity contribution in [3.05, 3.63) is 21.0 Å². The van der Waals surface area contributed by atoms with Gasteiger partial charge in [-0.3, -0.25) is 4.79 Å². The first-order valence-corrected chi connectivity index (χ1v) is 5.53. The molecule has 0 fully saturated rings. The van der Waals surface area contributed by atoms with Crippen LogP contribution < -0.4 is 16.6 Å². The van der Waals surface area contributed by atoms with E-state index in [0.717, 1.165) is 13.0 Å². The van der Waals surface area contributed by atoms with Crippen molar-refractivity contribution in [2.24, 2.45) is 12.8 Å².